The van der Waals surface area contributed by atoms with Crippen molar-refractivity contribution in [2.24, 2.45) is 0 Å². The lowest BCUT2D eigenvalue weighted by Gasteiger charge is -2.17. The van der Waals surface area contributed by atoms with Gasteiger partial charge in [0.15, 0.2) is 10.9 Å². The molecule has 0 saturated heterocycles. The van der Waals surface area contributed by atoms with Gasteiger partial charge in [-0.05, 0) is 54.8 Å². The van der Waals surface area contributed by atoms with E-state index in [4.69, 9.17) is 11.6 Å². The maximum atomic E-state index is 12.7. The predicted molar refractivity (Wildman–Crippen MR) is 112 cm³/mol. The van der Waals surface area contributed by atoms with E-state index in [0.717, 1.165) is 27.7 Å². The molecule has 1 aromatic heterocycles. The second-order valence-corrected chi connectivity index (χ2v) is 7.95. The molecule has 0 atom stereocenters. The number of fused-ring (bicyclic) bond motifs is 1. The lowest BCUT2D eigenvalue weighted by Crippen LogP contribution is -2.19. The van der Waals surface area contributed by atoms with Gasteiger partial charge in [-0.15, -0.1) is 0 Å². The fourth-order valence-corrected chi connectivity index (χ4v) is 4.24. The van der Waals surface area contributed by atoms with Crippen molar-refractivity contribution < 1.29 is 9.59 Å². The summed E-state index contributed by atoms with van der Waals surface area (Å²) in [4.78, 5) is 28.6. The number of carbonyl (C=O) groups excluding carboxylic acids is 2. The Hall–Kier alpha value is -2.57. The highest BCUT2D eigenvalue weighted by Crippen LogP contribution is 2.28. The number of Topliss-reactive ketones (excluding diaryl/α,β-unsaturated/α-hetero) is 1. The van der Waals surface area contributed by atoms with Gasteiger partial charge in [-0.3, -0.25) is 14.2 Å². The van der Waals surface area contributed by atoms with Crippen LogP contribution in [-0.4, -0.2) is 27.0 Å². The van der Waals surface area contributed by atoms with Gasteiger partial charge in [-0.1, -0.05) is 29.4 Å². The van der Waals surface area contributed by atoms with Crippen LogP contribution in [0.1, 0.15) is 27.9 Å². The first-order valence-corrected chi connectivity index (χ1v) is 10.3. The van der Waals surface area contributed by atoms with Crippen molar-refractivity contribution in [3.05, 3.63) is 70.5 Å². The van der Waals surface area contributed by atoms with Crippen LogP contribution in [0.25, 0.3) is 5.69 Å². The molecule has 7 heteroatoms. The fraction of sp³-hybridized carbons (Fsp3) is 0.190. The van der Waals surface area contributed by atoms with Gasteiger partial charge >= 0.3 is 0 Å². The predicted octanol–water partition coefficient (Wildman–Crippen LogP) is 4.69. The minimum absolute atomic E-state index is 0.0188. The number of carbonyl (C=O) groups is 2. The van der Waals surface area contributed by atoms with Gasteiger partial charge in [0.25, 0.3) is 0 Å². The number of rotatable bonds is 5. The van der Waals surface area contributed by atoms with Crippen LogP contribution in [0.2, 0.25) is 5.02 Å². The molecule has 1 N–H and O–H groups in total. The van der Waals surface area contributed by atoms with Gasteiger partial charge in [0.2, 0.25) is 5.91 Å². The van der Waals surface area contributed by atoms with E-state index in [-0.39, 0.29) is 17.4 Å². The summed E-state index contributed by atoms with van der Waals surface area (Å²) in [7, 11) is 0. The summed E-state index contributed by atoms with van der Waals surface area (Å²) in [6.45, 7) is 1.96. The highest BCUT2D eigenvalue weighted by atomic mass is 35.5. The van der Waals surface area contributed by atoms with Crippen molar-refractivity contribution in [2.45, 2.75) is 24.9 Å². The molecule has 0 fully saturated rings. The van der Waals surface area contributed by atoms with E-state index >= 15 is 0 Å². The zero-order chi connectivity index (χ0) is 19.7. The number of nitrogens with one attached hydrogen (secondary N) is 1. The number of imidazole rings is 1. The average Bonchev–Trinajstić information content (AvgIpc) is 3.16. The van der Waals surface area contributed by atoms with Crippen LogP contribution in [0.4, 0.5) is 5.69 Å². The Morgan fingerprint density at radius 3 is 3.00 bits per heavy atom. The van der Waals surface area contributed by atoms with Crippen LogP contribution in [0, 0.1) is 6.92 Å². The summed E-state index contributed by atoms with van der Waals surface area (Å²) in [5.41, 5.74) is 4.37. The number of ketones is 1. The summed E-state index contributed by atoms with van der Waals surface area (Å²) in [6, 6.07) is 11.2. The topological polar surface area (TPSA) is 64.0 Å². The molecule has 1 amide bonds. The number of halogens is 1. The third-order valence-corrected chi connectivity index (χ3v) is 6.14. The largest absolute Gasteiger partial charge is 0.326 e. The van der Waals surface area contributed by atoms with Crippen LogP contribution in [-0.2, 0) is 11.2 Å². The molecule has 5 nitrogen and oxygen atoms in total. The first-order chi connectivity index (χ1) is 13.5. The van der Waals surface area contributed by atoms with Crippen LogP contribution in [0.5, 0.6) is 0 Å². The summed E-state index contributed by atoms with van der Waals surface area (Å²) in [5.74, 6) is 0.328. The Bertz CT molecular complexity index is 1080. The Labute approximate surface area is 172 Å². The Morgan fingerprint density at radius 2 is 2.14 bits per heavy atom. The molecule has 0 bridgehead atoms. The minimum Gasteiger partial charge on any atom is -0.326 e. The van der Waals surface area contributed by atoms with Crippen molar-refractivity contribution in [3.8, 4) is 5.69 Å². The normalized spacial score (nSPS) is 13.1. The average molecular weight is 412 g/mol. The molecule has 2 heterocycles. The van der Waals surface area contributed by atoms with E-state index in [2.05, 4.69) is 10.3 Å². The van der Waals surface area contributed by atoms with Crippen molar-refractivity contribution in [3.63, 3.8) is 0 Å². The standard InChI is InChI=1S/C21H18ClN3O2S/c1-13-16(22)3-2-4-18(13)25-10-9-23-21(25)28-12-19(26)15-5-7-17-14(11-15)6-8-20(27)24-17/h2-5,7,9-11H,6,8,12H2,1H3,(H,24,27). The van der Waals surface area contributed by atoms with Crippen LogP contribution >= 0.6 is 23.4 Å². The number of hydrogen-bond acceptors (Lipinski definition) is 4. The number of thioether (sulfide) groups is 1. The third-order valence-electron chi connectivity index (χ3n) is 4.76. The van der Waals surface area contributed by atoms with E-state index in [0.29, 0.717) is 23.4 Å². The molecule has 2 aromatic carbocycles. The molecule has 0 aliphatic carbocycles. The zero-order valence-electron chi connectivity index (χ0n) is 15.2. The summed E-state index contributed by atoms with van der Waals surface area (Å²) < 4.78 is 1.95. The number of amides is 1. The molecular weight excluding hydrogens is 394 g/mol. The summed E-state index contributed by atoms with van der Waals surface area (Å²) in [5, 5.41) is 4.27. The molecular formula is C21H18ClN3O2S. The highest BCUT2D eigenvalue weighted by Gasteiger charge is 2.17. The highest BCUT2D eigenvalue weighted by molar-refractivity contribution is 7.99. The zero-order valence-corrected chi connectivity index (χ0v) is 16.8. The van der Waals surface area contributed by atoms with Gasteiger partial charge in [0.1, 0.15) is 0 Å². The lowest BCUT2D eigenvalue weighted by atomic mass is 9.99. The van der Waals surface area contributed by atoms with Gasteiger partial charge in [-0.2, -0.15) is 0 Å². The number of anilines is 1. The SMILES string of the molecule is Cc1c(Cl)cccc1-n1ccnc1SCC(=O)c1ccc2c(c1)CCC(=O)N2. The molecule has 0 saturated carbocycles. The second-order valence-electron chi connectivity index (χ2n) is 6.60. The number of aryl methyl sites for hydroxylation is 1. The molecule has 3 aromatic rings. The second kappa shape index (κ2) is 7.81. The van der Waals surface area contributed by atoms with Gasteiger partial charge < -0.3 is 5.32 Å². The fourth-order valence-electron chi connectivity index (χ4n) is 3.21. The molecule has 0 spiro atoms. The van der Waals surface area contributed by atoms with Crippen LogP contribution in [0.15, 0.2) is 53.9 Å². The lowest BCUT2D eigenvalue weighted by molar-refractivity contribution is -0.116. The Balaban J connectivity index is 1.50. The minimum atomic E-state index is 0.0188. The summed E-state index contributed by atoms with van der Waals surface area (Å²) >= 11 is 7.63. The Morgan fingerprint density at radius 1 is 1.29 bits per heavy atom. The molecule has 0 unspecified atom stereocenters. The van der Waals surface area contributed by atoms with Crippen molar-refractivity contribution >= 4 is 40.7 Å². The number of benzene rings is 2. The summed E-state index contributed by atoms with van der Waals surface area (Å²) in [6.07, 6.45) is 4.70. The monoisotopic (exact) mass is 411 g/mol. The van der Waals surface area contributed by atoms with Crippen molar-refractivity contribution in [1.29, 1.82) is 0 Å². The molecule has 0 radical (unpaired) electrons. The van der Waals surface area contributed by atoms with E-state index in [1.165, 1.54) is 11.8 Å². The first-order valence-electron chi connectivity index (χ1n) is 8.90. The maximum Gasteiger partial charge on any atom is 0.224 e. The van der Waals surface area contributed by atoms with Crippen LogP contribution in [0.3, 0.4) is 0 Å². The number of nitrogens with zero attached hydrogens (tertiary/aromatic N) is 2. The van der Waals surface area contributed by atoms with E-state index in [1.54, 1.807) is 18.3 Å². The third kappa shape index (κ3) is 3.70. The van der Waals surface area contributed by atoms with Gasteiger partial charge in [0.05, 0.1) is 11.4 Å². The first kappa shape index (κ1) is 18.8. The smallest absolute Gasteiger partial charge is 0.224 e. The van der Waals surface area contributed by atoms with E-state index in [9.17, 15) is 9.59 Å². The van der Waals surface area contributed by atoms with E-state index < -0.39 is 0 Å². The van der Waals surface area contributed by atoms with E-state index in [1.807, 2.05) is 42.0 Å². The van der Waals surface area contributed by atoms with Gasteiger partial charge in [0, 0.05) is 35.1 Å². The maximum absolute atomic E-state index is 12.7. The molecule has 28 heavy (non-hydrogen) atoms. The van der Waals surface area contributed by atoms with Crippen molar-refractivity contribution in [2.75, 3.05) is 11.1 Å². The quantitative estimate of drug-likeness (QED) is 0.488. The Kier molecular flexibility index (Phi) is 5.24. The van der Waals surface area contributed by atoms with Crippen LogP contribution < -0.4 is 5.32 Å². The molecule has 142 valence electrons. The molecule has 4 rings (SSSR count). The number of hydrogen-bond donors (Lipinski definition) is 1. The van der Waals surface area contributed by atoms with Gasteiger partial charge in [-0.25, -0.2) is 4.98 Å². The molecule has 1 aliphatic heterocycles. The number of aromatic nitrogens is 2. The molecule has 1 aliphatic rings. The van der Waals surface area contributed by atoms with Crippen molar-refractivity contribution in [1.82, 2.24) is 9.55 Å².